The number of aliphatic hydroxyl groups excluding tert-OH is 1. The van der Waals surface area contributed by atoms with Crippen LogP contribution in [-0.4, -0.2) is 23.9 Å². The van der Waals surface area contributed by atoms with Crippen LogP contribution in [0.3, 0.4) is 0 Å². The van der Waals surface area contributed by atoms with Crippen molar-refractivity contribution < 1.29 is 9.84 Å². The van der Waals surface area contributed by atoms with Crippen molar-refractivity contribution in [2.75, 3.05) is 13.2 Å². The lowest BCUT2D eigenvalue weighted by atomic mass is 9.95. The van der Waals surface area contributed by atoms with Gasteiger partial charge in [-0.2, -0.15) is 0 Å². The van der Waals surface area contributed by atoms with E-state index in [2.05, 4.69) is 25.6 Å². The Morgan fingerprint density at radius 3 is 2.52 bits per heavy atom. The van der Waals surface area contributed by atoms with Gasteiger partial charge in [-0.3, -0.25) is 0 Å². The molecular formula is C18H29NO2. The Balaban J connectivity index is 2.28. The molecule has 1 atom stereocenters. The van der Waals surface area contributed by atoms with Gasteiger partial charge in [0, 0.05) is 5.54 Å². The first-order chi connectivity index (χ1) is 9.93. The molecule has 0 radical (unpaired) electrons. The number of hydrogen-bond donors (Lipinski definition) is 2. The molecule has 0 bridgehead atoms. The third kappa shape index (κ3) is 7.88. The maximum atomic E-state index is 9.14. The molecule has 0 amide bonds. The number of benzene rings is 1. The third-order valence-corrected chi connectivity index (χ3v) is 3.54. The first kappa shape index (κ1) is 17.7. The van der Waals surface area contributed by atoms with Gasteiger partial charge < -0.3 is 15.6 Å². The Morgan fingerprint density at radius 1 is 1.29 bits per heavy atom. The number of nitrogens with two attached hydrogens (primary N) is 1. The molecule has 0 saturated carbocycles. The van der Waals surface area contributed by atoms with Crippen molar-refractivity contribution in [2.45, 2.75) is 51.5 Å². The summed E-state index contributed by atoms with van der Waals surface area (Å²) < 4.78 is 5.72. The van der Waals surface area contributed by atoms with Gasteiger partial charge in [0.05, 0.1) is 13.2 Å². The van der Waals surface area contributed by atoms with Crippen molar-refractivity contribution in [2.24, 2.45) is 5.73 Å². The van der Waals surface area contributed by atoms with Crippen LogP contribution in [0.15, 0.2) is 36.4 Å². The zero-order valence-electron chi connectivity index (χ0n) is 13.4. The summed E-state index contributed by atoms with van der Waals surface area (Å²) in [6.07, 6.45) is 4.89. The molecule has 0 fully saturated rings. The number of allylic oxidation sites excluding steroid dienone is 1. The predicted molar refractivity (Wildman–Crippen MR) is 88.6 cm³/mol. The van der Waals surface area contributed by atoms with Gasteiger partial charge >= 0.3 is 0 Å². The maximum absolute atomic E-state index is 9.14. The summed E-state index contributed by atoms with van der Waals surface area (Å²) >= 11 is 0. The number of aryl methyl sites for hydroxylation is 1. The molecule has 0 heterocycles. The molecule has 0 aromatic heterocycles. The first-order valence-corrected chi connectivity index (χ1v) is 7.69. The standard InChI is InChI=1S/C18H29NO2/c1-15(2)6-4-5-13-21-17-9-7-16(8-10-17)11-12-18(3,19)14-20/h7-10,20H,1,4-6,11-14,19H2,2-3H3. The average molecular weight is 291 g/mol. The maximum Gasteiger partial charge on any atom is 0.119 e. The van der Waals surface area contributed by atoms with Gasteiger partial charge in [-0.25, -0.2) is 0 Å². The van der Waals surface area contributed by atoms with Gasteiger partial charge in [0.15, 0.2) is 0 Å². The fourth-order valence-corrected chi connectivity index (χ4v) is 1.98. The quantitative estimate of drug-likeness (QED) is 0.513. The van der Waals surface area contributed by atoms with Crippen LogP contribution < -0.4 is 10.5 Å². The molecule has 0 aliphatic rings. The number of ether oxygens (including phenoxy) is 1. The summed E-state index contributed by atoms with van der Waals surface area (Å²) in [4.78, 5) is 0. The highest BCUT2D eigenvalue weighted by atomic mass is 16.5. The van der Waals surface area contributed by atoms with Crippen LogP contribution in [0, 0.1) is 0 Å². The molecule has 3 nitrogen and oxygen atoms in total. The lowest BCUT2D eigenvalue weighted by molar-refractivity contribution is 0.200. The van der Waals surface area contributed by atoms with E-state index < -0.39 is 5.54 Å². The highest BCUT2D eigenvalue weighted by molar-refractivity contribution is 5.27. The molecule has 0 spiro atoms. The van der Waals surface area contributed by atoms with E-state index in [0.29, 0.717) is 0 Å². The lowest BCUT2D eigenvalue weighted by Gasteiger charge is -2.21. The van der Waals surface area contributed by atoms with Crippen molar-refractivity contribution in [1.82, 2.24) is 0 Å². The second-order valence-electron chi connectivity index (χ2n) is 6.22. The Labute approximate surface area is 128 Å². The molecule has 1 unspecified atom stereocenters. The fraction of sp³-hybridized carbons (Fsp3) is 0.556. The topological polar surface area (TPSA) is 55.5 Å². The van der Waals surface area contributed by atoms with Crippen LogP contribution in [0.1, 0.15) is 45.1 Å². The summed E-state index contributed by atoms with van der Waals surface area (Å²) in [5.74, 6) is 0.909. The molecule has 3 heteroatoms. The van der Waals surface area contributed by atoms with Gasteiger partial charge in [-0.15, -0.1) is 6.58 Å². The molecular weight excluding hydrogens is 262 g/mol. The lowest BCUT2D eigenvalue weighted by Crippen LogP contribution is -2.40. The summed E-state index contributed by atoms with van der Waals surface area (Å²) in [6, 6.07) is 8.13. The van der Waals surface area contributed by atoms with Crippen molar-refractivity contribution in [1.29, 1.82) is 0 Å². The number of rotatable bonds is 10. The normalized spacial score (nSPS) is 13.7. The molecule has 1 rings (SSSR count). The van der Waals surface area contributed by atoms with Crippen molar-refractivity contribution in [3.05, 3.63) is 42.0 Å². The van der Waals surface area contributed by atoms with E-state index in [4.69, 9.17) is 15.6 Å². The van der Waals surface area contributed by atoms with Gasteiger partial charge in [0.2, 0.25) is 0 Å². The molecule has 1 aromatic rings. The minimum absolute atomic E-state index is 0.0123. The Hall–Kier alpha value is -1.32. The van der Waals surface area contributed by atoms with E-state index >= 15 is 0 Å². The van der Waals surface area contributed by atoms with Crippen LogP contribution in [0.5, 0.6) is 5.75 Å². The average Bonchev–Trinajstić information content (AvgIpc) is 2.46. The second kappa shape index (κ2) is 8.85. The largest absolute Gasteiger partial charge is 0.494 e. The fourth-order valence-electron chi connectivity index (χ4n) is 1.98. The van der Waals surface area contributed by atoms with Crippen LogP contribution in [-0.2, 0) is 6.42 Å². The Morgan fingerprint density at radius 2 is 1.95 bits per heavy atom. The van der Waals surface area contributed by atoms with E-state index in [1.165, 1.54) is 11.1 Å². The smallest absolute Gasteiger partial charge is 0.119 e. The zero-order valence-corrected chi connectivity index (χ0v) is 13.4. The minimum Gasteiger partial charge on any atom is -0.494 e. The Kier molecular flexibility index (Phi) is 7.48. The Bertz CT molecular complexity index is 423. The van der Waals surface area contributed by atoms with E-state index in [0.717, 1.165) is 44.5 Å². The minimum atomic E-state index is -0.502. The number of aliphatic hydroxyl groups is 1. The molecule has 0 aliphatic heterocycles. The molecule has 118 valence electrons. The van der Waals surface area contributed by atoms with E-state index in [9.17, 15) is 0 Å². The van der Waals surface area contributed by atoms with Gasteiger partial charge in [0.25, 0.3) is 0 Å². The van der Waals surface area contributed by atoms with Gasteiger partial charge in [-0.1, -0.05) is 17.7 Å². The van der Waals surface area contributed by atoms with E-state index in [1.54, 1.807) is 0 Å². The van der Waals surface area contributed by atoms with Crippen LogP contribution in [0.2, 0.25) is 0 Å². The molecule has 3 N–H and O–H groups in total. The van der Waals surface area contributed by atoms with E-state index in [-0.39, 0.29) is 6.61 Å². The van der Waals surface area contributed by atoms with Crippen LogP contribution in [0.25, 0.3) is 0 Å². The van der Waals surface area contributed by atoms with E-state index in [1.807, 2.05) is 19.1 Å². The first-order valence-electron chi connectivity index (χ1n) is 7.69. The summed E-state index contributed by atoms with van der Waals surface area (Å²) in [6.45, 7) is 8.59. The summed E-state index contributed by atoms with van der Waals surface area (Å²) in [5, 5.41) is 9.14. The van der Waals surface area contributed by atoms with Crippen LogP contribution in [0.4, 0.5) is 0 Å². The molecule has 0 aliphatic carbocycles. The van der Waals surface area contributed by atoms with Crippen molar-refractivity contribution in [3.63, 3.8) is 0 Å². The predicted octanol–water partition coefficient (Wildman–Crippen LogP) is 3.45. The molecule has 1 aromatic carbocycles. The number of hydrogen-bond acceptors (Lipinski definition) is 3. The highest BCUT2D eigenvalue weighted by Gasteiger charge is 2.16. The second-order valence-corrected chi connectivity index (χ2v) is 6.22. The number of unbranched alkanes of at least 4 members (excludes halogenated alkanes) is 1. The SMILES string of the molecule is C=C(C)CCCCOc1ccc(CCC(C)(N)CO)cc1. The summed E-state index contributed by atoms with van der Waals surface area (Å²) in [7, 11) is 0. The monoisotopic (exact) mass is 291 g/mol. The molecule has 21 heavy (non-hydrogen) atoms. The zero-order chi connectivity index (χ0) is 15.7. The molecule has 0 saturated heterocycles. The highest BCUT2D eigenvalue weighted by Crippen LogP contribution is 2.16. The third-order valence-electron chi connectivity index (χ3n) is 3.54. The van der Waals surface area contributed by atoms with Gasteiger partial charge in [-0.05, 0) is 63.6 Å². The van der Waals surface area contributed by atoms with Crippen LogP contribution >= 0.6 is 0 Å². The van der Waals surface area contributed by atoms with Crippen molar-refractivity contribution >= 4 is 0 Å². The van der Waals surface area contributed by atoms with Crippen molar-refractivity contribution in [3.8, 4) is 5.75 Å². The van der Waals surface area contributed by atoms with Gasteiger partial charge in [0.1, 0.15) is 5.75 Å². The summed E-state index contributed by atoms with van der Waals surface area (Å²) in [5.41, 5.74) is 7.87.